The third-order valence-electron chi connectivity index (χ3n) is 3.09. The average Bonchev–Trinajstić information content (AvgIpc) is 2.74. The molecule has 2 unspecified atom stereocenters. The molecule has 98 valence electrons. The van der Waals surface area contributed by atoms with Gasteiger partial charge in [0.2, 0.25) is 0 Å². The van der Waals surface area contributed by atoms with Crippen molar-refractivity contribution in [2.24, 2.45) is 5.73 Å². The summed E-state index contributed by atoms with van der Waals surface area (Å²) in [6.45, 7) is 2.69. The first-order chi connectivity index (χ1) is 8.56. The molecule has 0 aliphatic carbocycles. The van der Waals surface area contributed by atoms with Crippen LogP contribution in [0.5, 0.6) is 0 Å². The van der Waals surface area contributed by atoms with Gasteiger partial charge in [-0.25, -0.2) is 4.39 Å². The molecule has 2 rings (SSSR count). The van der Waals surface area contributed by atoms with Crippen LogP contribution in [0.1, 0.15) is 30.1 Å². The summed E-state index contributed by atoms with van der Waals surface area (Å²) in [4.78, 5) is 11.0. The molecule has 1 heterocycles. The minimum atomic E-state index is -0.762. The molecule has 18 heavy (non-hydrogen) atoms. The lowest BCUT2D eigenvalue weighted by molar-refractivity contribution is 0.0637. The van der Waals surface area contributed by atoms with Gasteiger partial charge >= 0.3 is 0 Å². The van der Waals surface area contributed by atoms with E-state index in [1.54, 1.807) is 6.07 Å². The molecule has 5 heteroatoms. The molecule has 2 atom stereocenters. The molecule has 0 bridgehead atoms. The third-order valence-corrected chi connectivity index (χ3v) is 3.09. The minimum absolute atomic E-state index is 0.0966. The van der Waals surface area contributed by atoms with Crippen LogP contribution in [0.4, 0.5) is 10.1 Å². The second-order valence-corrected chi connectivity index (χ2v) is 4.59. The zero-order valence-corrected chi connectivity index (χ0v) is 10.3. The van der Waals surface area contributed by atoms with Crippen LogP contribution in [-0.4, -0.2) is 24.7 Å². The average molecular weight is 252 g/mol. The topological polar surface area (TPSA) is 64.3 Å². The van der Waals surface area contributed by atoms with Gasteiger partial charge in [-0.2, -0.15) is 0 Å². The van der Waals surface area contributed by atoms with E-state index in [1.165, 1.54) is 12.1 Å². The number of hydrogen-bond acceptors (Lipinski definition) is 3. The van der Waals surface area contributed by atoms with Crippen molar-refractivity contribution < 1.29 is 13.9 Å². The Morgan fingerprint density at radius 1 is 1.56 bits per heavy atom. The fourth-order valence-corrected chi connectivity index (χ4v) is 2.09. The third kappa shape index (κ3) is 2.98. The van der Waals surface area contributed by atoms with E-state index in [1.807, 2.05) is 6.92 Å². The molecule has 0 aromatic heterocycles. The monoisotopic (exact) mass is 252 g/mol. The number of hydrogen-bond donors (Lipinski definition) is 2. The van der Waals surface area contributed by atoms with E-state index in [4.69, 9.17) is 10.5 Å². The Hall–Kier alpha value is -1.62. The summed E-state index contributed by atoms with van der Waals surface area (Å²) in [6.07, 6.45) is 2.54. The van der Waals surface area contributed by atoms with Gasteiger partial charge in [-0.15, -0.1) is 0 Å². The number of ether oxygens (including phenoxy) is 1. The Labute approximate surface area is 105 Å². The highest BCUT2D eigenvalue weighted by molar-refractivity contribution is 5.94. The maximum Gasteiger partial charge on any atom is 0.251 e. The molecule has 0 radical (unpaired) electrons. The maximum absolute atomic E-state index is 13.3. The van der Waals surface area contributed by atoms with Crippen molar-refractivity contribution in [2.75, 3.05) is 11.9 Å². The number of amides is 1. The standard InChI is InChI=1S/C13H17FN2O2/c1-8-2-4-10(18-8)7-16-9-3-5-12(14)11(6-9)13(15)17/h3,5-6,8,10,16H,2,4,7H2,1H3,(H2,15,17). The van der Waals surface area contributed by atoms with Crippen molar-refractivity contribution in [1.29, 1.82) is 0 Å². The van der Waals surface area contributed by atoms with Crippen LogP contribution < -0.4 is 11.1 Å². The van der Waals surface area contributed by atoms with Gasteiger partial charge in [0.15, 0.2) is 0 Å². The van der Waals surface area contributed by atoms with Gasteiger partial charge in [0, 0.05) is 12.2 Å². The molecule has 4 nitrogen and oxygen atoms in total. The summed E-state index contributed by atoms with van der Waals surface area (Å²) in [5, 5.41) is 3.13. The van der Waals surface area contributed by atoms with Gasteiger partial charge in [-0.3, -0.25) is 4.79 Å². The molecule has 0 spiro atoms. The van der Waals surface area contributed by atoms with Crippen molar-refractivity contribution in [3.05, 3.63) is 29.6 Å². The lowest BCUT2D eigenvalue weighted by Crippen LogP contribution is -2.20. The van der Waals surface area contributed by atoms with Crippen LogP contribution >= 0.6 is 0 Å². The molecule has 1 amide bonds. The Kier molecular flexibility index (Phi) is 3.81. The molecule has 1 aliphatic heterocycles. The predicted octanol–water partition coefficient (Wildman–Crippen LogP) is 1.90. The predicted molar refractivity (Wildman–Crippen MR) is 67.0 cm³/mol. The normalized spacial score (nSPS) is 23.0. The zero-order chi connectivity index (χ0) is 13.1. The van der Waals surface area contributed by atoms with Crippen molar-refractivity contribution in [2.45, 2.75) is 32.0 Å². The molecule has 3 N–H and O–H groups in total. The molecule has 1 aromatic carbocycles. The van der Waals surface area contributed by atoms with E-state index in [0.717, 1.165) is 12.8 Å². The second kappa shape index (κ2) is 5.35. The fourth-order valence-electron chi connectivity index (χ4n) is 2.09. The van der Waals surface area contributed by atoms with Crippen LogP contribution in [0.3, 0.4) is 0 Å². The van der Waals surface area contributed by atoms with Crippen LogP contribution in [0, 0.1) is 5.82 Å². The molecule has 1 fully saturated rings. The quantitative estimate of drug-likeness (QED) is 0.860. The van der Waals surface area contributed by atoms with Crippen LogP contribution in [-0.2, 0) is 4.74 Å². The molecule has 0 saturated carbocycles. The highest BCUT2D eigenvalue weighted by Gasteiger charge is 2.21. The number of benzene rings is 1. The summed E-state index contributed by atoms with van der Waals surface area (Å²) in [5.41, 5.74) is 5.67. The number of nitrogens with two attached hydrogens (primary N) is 1. The smallest absolute Gasteiger partial charge is 0.251 e. The van der Waals surface area contributed by atoms with Gasteiger partial charge < -0.3 is 15.8 Å². The zero-order valence-electron chi connectivity index (χ0n) is 10.3. The first-order valence-electron chi connectivity index (χ1n) is 6.05. The highest BCUT2D eigenvalue weighted by Crippen LogP contribution is 2.20. The molecule has 1 saturated heterocycles. The minimum Gasteiger partial charge on any atom is -0.382 e. The summed E-state index contributed by atoms with van der Waals surface area (Å²) in [5.74, 6) is -1.36. The van der Waals surface area contributed by atoms with Crippen molar-refractivity contribution >= 4 is 11.6 Å². The first-order valence-corrected chi connectivity index (χ1v) is 6.05. The molecular formula is C13H17FN2O2. The number of halogens is 1. The van der Waals surface area contributed by atoms with E-state index in [2.05, 4.69) is 5.32 Å². The van der Waals surface area contributed by atoms with E-state index in [0.29, 0.717) is 18.3 Å². The van der Waals surface area contributed by atoms with Crippen molar-refractivity contribution in [1.82, 2.24) is 0 Å². The second-order valence-electron chi connectivity index (χ2n) is 4.59. The van der Waals surface area contributed by atoms with Gasteiger partial charge in [-0.1, -0.05) is 0 Å². The number of rotatable bonds is 4. The van der Waals surface area contributed by atoms with Crippen LogP contribution in [0.2, 0.25) is 0 Å². The Morgan fingerprint density at radius 3 is 2.94 bits per heavy atom. The number of nitrogens with one attached hydrogen (secondary N) is 1. The Morgan fingerprint density at radius 2 is 2.33 bits per heavy atom. The lowest BCUT2D eigenvalue weighted by Gasteiger charge is -2.13. The lowest BCUT2D eigenvalue weighted by atomic mass is 10.1. The number of carbonyl (C=O) groups is 1. The Bertz CT molecular complexity index is 451. The van der Waals surface area contributed by atoms with Gasteiger partial charge in [-0.05, 0) is 38.0 Å². The summed E-state index contributed by atoms with van der Waals surface area (Å²) < 4.78 is 18.9. The molecule has 1 aliphatic rings. The van der Waals surface area contributed by atoms with Crippen molar-refractivity contribution in [3.8, 4) is 0 Å². The first kappa shape index (κ1) is 12.8. The number of anilines is 1. The highest BCUT2D eigenvalue weighted by atomic mass is 19.1. The Balaban J connectivity index is 1.97. The van der Waals surface area contributed by atoms with E-state index >= 15 is 0 Å². The summed E-state index contributed by atoms with van der Waals surface area (Å²) >= 11 is 0. The van der Waals surface area contributed by atoms with Gasteiger partial charge in [0.25, 0.3) is 5.91 Å². The van der Waals surface area contributed by atoms with Gasteiger partial charge in [0.05, 0.1) is 17.8 Å². The summed E-state index contributed by atoms with van der Waals surface area (Å²) in [7, 11) is 0. The van der Waals surface area contributed by atoms with Crippen LogP contribution in [0.15, 0.2) is 18.2 Å². The van der Waals surface area contributed by atoms with Gasteiger partial charge in [0.1, 0.15) is 5.82 Å². The maximum atomic E-state index is 13.3. The van der Waals surface area contributed by atoms with Crippen molar-refractivity contribution in [3.63, 3.8) is 0 Å². The summed E-state index contributed by atoms with van der Waals surface area (Å²) in [6, 6.07) is 4.25. The fraction of sp³-hybridized carbons (Fsp3) is 0.462. The van der Waals surface area contributed by atoms with E-state index in [9.17, 15) is 9.18 Å². The molecular weight excluding hydrogens is 235 g/mol. The number of primary amides is 1. The number of carbonyl (C=O) groups excluding carboxylic acids is 1. The van der Waals surface area contributed by atoms with E-state index in [-0.39, 0.29) is 11.7 Å². The van der Waals surface area contributed by atoms with E-state index < -0.39 is 11.7 Å². The van der Waals surface area contributed by atoms with Crippen LogP contribution in [0.25, 0.3) is 0 Å². The SMILES string of the molecule is CC1CCC(CNc2ccc(F)c(C(N)=O)c2)O1. The largest absolute Gasteiger partial charge is 0.382 e. The molecule has 1 aromatic rings.